The van der Waals surface area contributed by atoms with E-state index in [4.69, 9.17) is 10.2 Å². The molecule has 1 rings (SSSR count). The van der Waals surface area contributed by atoms with Gasteiger partial charge in [-0.3, -0.25) is 0 Å². The Morgan fingerprint density at radius 3 is 2.75 bits per heavy atom. The van der Waals surface area contributed by atoms with Crippen molar-refractivity contribution in [1.29, 1.82) is 0 Å². The van der Waals surface area contributed by atoms with Gasteiger partial charge in [0.2, 0.25) is 0 Å². The van der Waals surface area contributed by atoms with E-state index in [9.17, 15) is 0 Å². The third-order valence-corrected chi connectivity index (χ3v) is 2.91. The minimum absolute atomic E-state index is 0.181. The van der Waals surface area contributed by atoms with Crippen LogP contribution in [0.4, 0.5) is 0 Å². The predicted molar refractivity (Wildman–Crippen MR) is 50.5 cm³/mol. The largest absolute Gasteiger partial charge is 0.396 e. The van der Waals surface area contributed by atoms with Crippen molar-refractivity contribution in [2.24, 2.45) is 0 Å². The van der Waals surface area contributed by atoms with Crippen molar-refractivity contribution in [3.05, 3.63) is 22.4 Å². The van der Waals surface area contributed by atoms with Crippen LogP contribution in [0.2, 0.25) is 0 Å². The van der Waals surface area contributed by atoms with Crippen molar-refractivity contribution >= 4 is 11.3 Å². The van der Waals surface area contributed by atoms with Gasteiger partial charge in [0.1, 0.15) is 0 Å². The quantitative estimate of drug-likeness (QED) is 0.733. The maximum atomic E-state index is 9.05. The Labute approximate surface area is 76.5 Å². The lowest BCUT2D eigenvalue weighted by atomic mass is 10.0. The van der Waals surface area contributed by atoms with E-state index < -0.39 is 0 Å². The van der Waals surface area contributed by atoms with Gasteiger partial charge < -0.3 is 10.2 Å². The molecule has 1 aromatic heterocycles. The Kier molecular flexibility index (Phi) is 4.29. The smallest absolute Gasteiger partial charge is 0.0507 e. The summed E-state index contributed by atoms with van der Waals surface area (Å²) in [5.74, 6) is 0.220. The molecule has 2 nitrogen and oxygen atoms in total. The standard InChI is InChI=1S/C9H14O2S/c10-5-1-3-8(7-11)9-4-2-6-12-9/h2,4,6,8,10-11H,1,3,5,7H2. The molecule has 0 amide bonds. The van der Waals surface area contributed by atoms with Crippen LogP contribution in [0.5, 0.6) is 0 Å². The minimum Gasteiger partial charge on any atom is -0.396 e. The second-order valence-corrected chi connectivity index (χ2v) is 3.74. The van der Waals surface area contributed by atoms with E-state index in [0.717, 1.165) is 12.8 Å². The first-order chi connectivity index (χ1) is 5.88. The number of aliphatic hydroxyl groups is 2. The van der Waals surface area contributed by atoms with E-state index in [0.29, 0.717) is 0 Å². The van der Waals surface area contributed by atoms with Gasteiger partial charge in [0, 0.05) is 17.4 Å². The molecular weight excluding hydrogens is 172 g/mol. The molecule has 1 unspecified atom stereocenters. The van der Waals surface area contributed by atoms with Crippen LogP contribution in [-0.2, 0) is 0 Å². The van der Waals surface area contributed by atoms with Crippen LogP contribution in [0.25, 0.3) is 0 Å². The van der Waals surface area contributed by atoms with Gasteiger partial charge >= 0.3 is 0 Å². The highest BCUT2D eigenvalue weighted by molar-refractivity contribution is 7.10. The molecule has 0 aliphatic carbocycles. The summed E-state index contributed by atoms with van der Waals surface area (Å²) in [4.78, 5) is 1.21. The Hall–Kier alpha value is -0.380. The Morgan fingerprint density at radius 1 is 1.42 bits per heavy atom. The number of thiophene rings is 1. The van der Waals surface area contributed by atoms with Crippen LogP contribution in [0.3, 0.4) is 0 Å². The van der Waals surface area contributed by atoms with Gasteiger partial charge in [-0.25, -0.2) is 0 Å². The third-order valence-electron chi connectivity index (χ3n) is 1.88. The first kappa shape index (κ1) is 9.71. The Balaban J connectivity index is 2.45. The predicted octanol–water partition coefficient (Wildman–Crippen LogP) is 1.60. The second-order valence-electron chi connectivity index (χ2n) is 2.76. The summed E-state index contributed by atoms with van der Waals surface area (Å²) < 4.78 is 0. The topological polar surface area (TPSA) is 40.5 Å². The molecule has 68 valence electrons. The van der Waals surface area contributed by atoms with Crippen LogP contribution in [0.15, 0.2) is 17.5 Å². The molecule has 0 aliphatic heterocycles. The monoisotopic (exact) mass is 186 g/mol. The summed E-state index contributed by atoms with van der Waals surface area (Å²) in [5, 5.41) is 19.7. The van der Waals surface area contributed by atoms with Crippen molar-refractivity contribution in [3.63, 3.8) is 0 Å². The maximum Gasteiger partial charge on any atom is 0.0507 e. The van der Waals surface area contributed by atoms with Gasteiger partial charge in [-0.15, -0.1) is 11.3 Å². The molecule has 1 atom stereocenters. The van der Waals surface area contributed by atoms with E-state index in [1.165, 1.54) is 4.88 Å². The number of hydrogen-bond acceptors (Lipinski definition) is 3. The average molecular weight is 186 g/mol. The zero-order chi connectivity index (χ0) is 8.81. The first-order valence-electron chi connectivity index (χ1n) is 4.13. The molecule has 0 aliphatic rings. The molecule has 0 fully saturated rings. The van der Waals surface area contributed by atoms with Crippen molar-refractivity contribution in [2.45, 2.75) is 18.8 Å². The van der Waals surface area contributed by atoms with Crippen LogP contribution in [-0.4, -0.2) is 23.4 Å². The molecule has 0 bridgehead atoms. The molecule has 0 saturated heterocycles. The molecule has 3 heteroatoms. The summed E-state index contributed by atoms with van der Waals surface area (Å²) in [6, 6.07) is 4.02. The molecule has 0 spiro atoms. The van der Waals surface area contributed by atoms with E-state index in [1.54, 1.807) is 11.3 Å². The summed E-state index contributed by atoms with van der Waals surface area (Å²) in [6.45, 7) is 0.391. The van der Waals surface area contributed by atoms with E-state index >= 15 is 0 Å². The third kappa shape index (κ3) is 2.59. The summed E-state index contributed by atoms with van der Waals surface area (Å²) >= 11 is 1.66. The summed E-state index contributed by atoms with van der Waals surface area (Å²) in [6.07, 6.45) is 1.64. The Bertz CT molecular complexity index is 196. The van der Waals surface area contributed by atoms with Crippen LogP contribution < -0.4 is 0 Å². The number of hydrogen-bond donors (Lipinski definition) is 2. The molecule has 12 heavy (non-hydrogen) atoms. The van der Waals surface area contributed by atoms with Crippen molar-refractivity contribution in [3.8, 4) is 0 Å². The van der Waals surface area contributed by atoms with Gasteiger partial charge in [0.15, 0.2) is 0 Å². The summed E-state index contributed by atoms with van der Waals surface area (Å²) in [7, 11) is 0. The molecular formula is C9H14O2S. The fourth-order valence-corrected chi connectivity index (χ4v) is 2.04. The second kappa shape index (κ2) is 5.30. The van der Waals surface area contributed by atoms with Gasteiger partial charge in [0.25, 0.3) is 0 Å². The summed E-state index contributed by atoms with van der Waals surface area (Å²) in [5.41, 5.74) is 0. The number of aliphatic hydroxyl groups excluding tert-OH is 2. The Morgan fingerprint density at radius 2 is 2.25 bits per heavy atom. The van der Waals surface area contributed by atoms with Crippen LogP contribution >= 0.6 is 11.3 Å². The van der Waals surface area contributed by atoms with Crippen LogP contribution in [0.1, 0.15) is 23.6 Å². The van der Waals surface area contributed by atoms with Gasteiger partial charge in [-0.2, -0.15) is 0 Å². The van der Waals surface area contributed by atoms with Gasteiger partial charge in [-0.05, 0) is 24.3 Å². The molecule has 2 N–H and O–H groups in total. The van der Waals surface area contributed by atoms with Crippen molar-refractivity contribution in [2.75, 3.05) is 13.2 Å². The zero-order valence-electron chi connectivity index (χ0n) is 6.94. The van der Waals surface area contributed by atoms with E-state index in [-0.39, 0.29) is 19.1 Å². The van der Waals surface area contributed by atoms with Crippen LogP contribution in [0, 0.1) is 0 Å². The normalized spacial score (nSPS) is 13.2. The van der Waals surface area contributed by atoms with Crippen molar-refractivity contribution in [1.82, 2.24) is 0 Å². The highest BCUT2D eigenvalue weighted by atomic mass is 32.1. The minimum atomic E-state index is 0.181. The van der Waals surface area contributed by atoms with Crippen molar-refractivity contribution < 1.29 is 10.2 Å². The first-order valence-corrected chi connectivity index (χ1v) is 5.01. The van der Waals surface area contributed by atoms with Gasteiger partial charge in [0.05, 0.1) is 6.61 Å². The molecule has 0 aromatic carbocycles. The molecule has 0 radical (unpaired) electrons. The number of rotatable bonds is 5. The van der Waals surface area contributed by atoms with E-state index in [2.05, 4.69) is 0 Å². The molecule has 1 heterocycles. The highest BCUT2D eigenvalue weighted by Gasteiger charge is 2.09. The maximum absolute atomic E-state index is 9.05. The highest BCUT2D eigenvalue weighted by Crippen LogP contribution is 2.24. The molecule has 1 aromatic rings. The fraction of sp³-hybridized carbons (Fsp3) is 0.556. The lowest BCUT2D eigenvalue weighted by Gasteiger charge is -2.10. The fourth-order valence-electron chi connectivity index (χ4n) is 1.18. The van der Waals surface area contributed by atoms with Gasteiger partial charge in [-0.1, -0.05) is 6.07 Å². The SMILES string of the molecule is OCCCC(CO)c1cccs1. The molecule has 0 saturated carbocycles. The average Bonchev–Trinajstić information content (AvgIpc) is 2.59. The lowest BCUT2D eigenvalue weighted by Crippen LogP contribution is -2.02. The zero-order valence-corrected chi connectivity index (χ0v) is 7.76. The lowest BCUT2D eigenvalue weighted by molar-refractivity contribution is 0.238. The van der Waals surface area contributed by atoms with E-state index in [1.807, 2.05) is 17.5 Å².